The van der Waals surface area contributed by atoms with Crippen LogP contribution in [-0.4, -0.2) is 15.0 Å². The second kappa shape index (κ2) is 7.20. The molecule has 0 bridgehead atoms. The smallest absolute Gasteiger partial charge is 0.211 e. The first-order chi connectivity index (χ1) is 10.0. The highest BCUT2D eigenvalue weighted by molar-refractivity contribution is 9.10. The molecule has 0 heterocycles. The van der Waals surface area contributed by atoms with Crippen LogP contribution in [-0.2, 0) is 22.9 Å². The van der Waals surface area contributed by atoms with Gasteiger partial charge in [0.15, 0.2) is 0 Å². The number of aryl methyl sites for hydroxylation is 1. The van der Waals surface area contributed by atoms with Crippen molar-refractivity contribution < 1.29 is 8.42 Å². The van der Waals surface area contributed by atoms with E-state index in [-0.39, 0.29) is 4.90 Å². The molecule has 0 aromatic heterocycles. The summed E-state index contributed by atoms with van der Waals surface area (Å²) in [6.07, 6.45) is 1.69. The molecule has 2 aromatic rings. The summed E-state index contributed by atoms with van der Waals surface area (Å²) in [5.74, 6) is 0. The van der Waals surface area contributed by atoms with Gasteiger partial charge in [-0.05, 0) is 48.2 Å². The molecule has 5 heteroatoms. The van der Waals surface area contributed by atoms with Gasteiger partial charge in [-0.1, -0.05) is 47.1 Å². The van der Waals surface area contributed by atoms with Gasteiger partial charge < -0.3 is 0 Å². The monoisotopic (exact) mass is 367 g/mol. The first-order valence-electron chi connectivity index (χ1n) is 6.84. The molecule has 21 heavy (non-hydrogen) atoms. The molecule has 2 aromatic carbocycles. The standard InChI is InChI=1S/C16H18BrNO2S/c1-2-13-3-5-14(6-4-13)11-12-18-21(19,20)16-9-7-15(17)8-10-16/h3-10,18H,2,11-12H2,1H3. The van der Waals surface area contributed by atoms with Gasteiger partial charge in [-0.25, -0.2) is 13.1 Å². The van der Waals surface area contributed by atoms with Gasteiger partial charge >= 0.3 is 0 Å². The van der Waals surface area contributed by atoms with Crippen molar-refractivity contribution in [1.29, 1.82) is 0 Å². The van der Waals surface area contributed by atoms with E-state index >= 15 is 0 Å². The van der Waals surface area contributed by atoms with Gasteiger partial charge in [0, 0.05) is 11.0 Å². The lowest BCUT2D eigenvalue weighted by Gasteiger charge is -2.07. The van der Waals surface area contributed by atoms with Crippen LogP contribution >= 0.6 is 15.9 Å². The topological polar surface area (TPSA) is 46.2 Å². The van der Waals surface area contributed by atoms with Gasteiger partial charge in [0.1, 0.15) is 0 Å². The van der Waals surface area contributed by atoms with E-state index in [2.05, 4.69) is 39.7 Å². The molecule has 0 spiro atoms. The summed E-state index contributed by atoms with van der Waals surface area (Å²) < 4.78 is 27.7. The molecule has 0 aliphatic heterocycles. The van der Waals surface area contributed by atoms with Crippen LogP contribution in [0.2, 0.25) is 0 Å². The Kier molecular flexibility index (Phi) is 5.56. The minimum Gasteiger partial charge on any atom is -0.211 e. The number of nitrogens with one attached hydrogen (secondary N) is 1. The molecule has 0 amide bonds. The van der Waals surface area contributed by atoms with Crippen LogP contribution in [0.4, 0.5) is 0 Å². The van der Waals surface area contributed by atoms with Crippen molar-refractivity contribution in [2.75, 3.05) is 6.54 Å². The average Bonchev–Trinajstić information content (AvgIpc) is 2.48. The number of sulfonamides is 1. The fourth-order valence-electron chi connectivity index (χ4n) is 1.97. The SMILES string of the molecule is CCc1ccc(CCNS(=O)(=O)c2ccc(Br)cc2)cc1. The lowest BCUT2D eigenvalue weighted by molar-refractivity contribution is 0.581. The number of rotatable bonds is 6. The van der Waals surface area contributed by atoms with E-state index < -0.39 is 10.0 Å². The van der Waals surface area contributed by atoms with Crippen LogP contribution in [0.25, 0.3) is 0 Å². The highest BCUT2D eigenvalue weighted by atomic mass is 79.9. The third-order valence-electron chi connectivity index (χ3n) is 3.26. The van der Waals surface area contributed by atoms with Crippen LogP contribution in [0.1, 0.15) is 18.1 Å². The number of benzene rings is 2. The highest BCUT2D eigenvalue weighted by Gasteiger charge is 2.12. The minimum atomic E-state index is -3.43. The summed E-state index contributed by atoms with van der Waals surface area (Å²) in [4.78, 5) is 0.284. The predicted molar refractivity (Wildman–Crippen MR) is 88.9 cm³/mol. The van der Waals surface area contributed by atoms with Crippen molar-refractivity contribution in [2.45, 2.75) is 24.7 Å². The average molecular weight is 368 g/mol. The summed E-state index contributed by atoms with van der Waals surface area (Å²) >= 11 is 3.29. The Labute approximate surface area is 134 Å². The number of hydrogen-bond donors (Lipinski definition) is 1. The van der Waals surface area contributed by atoms with Crippen molar-refractivity contribution >= 4 is 26.0 Å². The number of halogens is 1. The molecule has 0 aliphatic rings. The molecule has 0 saturated carbocycles. The van der Waals surface area contributed by atoms with E-state index in [0.717, 1.165) is 16.5 Å². The summed E-state index contributed by atoms with van der Waals surface area (Å²) in [5, 5.41) is 0. The van der Waals surface area contributed by atoms with E-state index in [1.54, 1.807) is 24.3 Å². The summed E-state index contributed by atoms with van der Waals surface area (Å²) in [6, 6.07) is 14.9. The first kappa shape index (κ1) is 16.2. The molecule has 3 nitrogen and oxygen atoms in total. The normalized spacial score (nSPS) is 11.5. The van der Waals surface area contributed by atoms with Gasteiger partial charge in [-0.2, -0.15) is 0 Å². The molecule has 112 valence electrons. The molecular formula is C16H18BrNO2S. The van der Waals surface area contributed by atoms with E-state index in [4.69, 9.17) is 0 Å². The van der Waals surface area contributed by atoms with Crippen LogP contribution in [0.5, 0.6) is 0 Å². The van der Waals surface area contributed by atoms with Crippen LogP contribution in [0.15, 0.2) is 57.9 Å². The van der Waals surface area contributed by atoms with Crippen molar-refractivity contribution in [1.82, 2.24) is 4.72 Å². The first-order valence-corrected chi connectivity index (χ1v) is 9.12. The Morgan fingerprint density at radius 1 is 0.952 bits per heavy atom. The maximum Gasteiger partial charge on any atom is 0.240 e. The largest absolute Gasteiger partial charge is 0.240 e. The minimum absolute atomic E-state index is 0.284. The molecule has 0 aliphatic carbocycles. The van der Waals surface area contributed by atoms with Gasteiger partial charge in [0.25, 0.3) is 0 Å². The van der Waals surface area contributed by atoms with Crippen molar-refractivity contribution in [2.24, 2.45) is 0 Å². The molecule has 2 rings (SSSR count). The Morgan fingerprint density at radius 3 is 2.10 bits per heavy atom. The fourth-order valence-corrected chi connectivity index (χ4v) is 3.26. The van der Waals surface area contributed by atoms with Gasteiger partial charge in [-0.3, -0.25) is 0 Å². The Bertz CT molecular complexity index is 679. The third kappa shape index (κ3) is 4.66. The van der Waals surface area contributed by atoms with Gasteiger partial charge in [0.2, 0.25) is 10.0 Å². The van der Waals surface area contributed by atoms with Gasteiger partial charge in [0.05, 0.1) is 4.90 Å². The summed E-state index contributed by atoms with van der Waals surface area (Å²) in [6.45, 7) is 2.51. The molecular weight excluding hydrogens is 350 g/mol. The fraction of sp³-hybridized carbons (Fsp3) is 0.250. The molecule has 1 N–H and O–H groups in total. The lowest BCUT2D eigenvalue weighted by atomic mass is 10.1. The van der Waals surface area contributed by atoms with E-state index in [1.165, 1.54) is 5.56 Å². The molecule has 0 saturated heterocycles. The summed E-state index contributed by atoms with van der Waals surface area (Å²) in [7, 11) is -3.43. The maximum atomic E-state index is 12.1. The quantitative estimate of drug-likeness (QED) is 0.848. The van der Waals surface area contributed by atoms with E-state index in [9.17, 15) is 8.42 Å². The Balaban J connectivity index is 1.93. The highest BCUT2D eigenvalue weighted by Crippen LogP contribution is 2.14. The molecule has 0 radical (unpaired) electrons. The Hall–Kier alpha value is -1.17. The van der Waals surface area contributed by atoms with E-state index in [0.29, 0.717) is 13.0 Å². The number of hydrogen-bond acceptors (Lipinski definition) is 2. The molecule has 0 unspecified atom stereocenters. The summed E-state index contributed by atoms with van der Waals surface area (Å²) in [5.41, 5.74) is 2.42. The van der Waals surface area contributed by atoms with Crippen molar-refractivity contribution in [3.05, 3.63) is 64.1 Å². The molecule has 0 fully saturated rings. The predicted octanol–water partition coefficient (Wildman–Crippen LogP) is 3.53. The van der Waals surface area contributed by atoms with Crippen molar-refractivity contribution in [3.63, 3.8) is 0 Å². The Morgan fingerprint density at radius 2 is 1.52 bits per heavy atom. The van der Waals surface area contributed by atoms with E-state index in [1.807, 2.05) is 12.1 Å². The zero-order valence-electron chi connectivity index (χ0n) is 11.8. The second-order valence-corrected chi connectivity index (χ2v) is 7.45. The third-order valence-corrected chi connectivity index (χ3v) is 5.27. The van der Waals surface area contributed by atoms with Crippen molar-refractivity contribution in [3.8, 4) is 0 Å². The molecule has 0 atom stereocenters. The maximum absolute atomic E-state index is 12.1. The zero-order chi connectivity index (χ0) is 15.3. The second-order valence-electron chi connectivity index (χ2n) is 4.77. The zero-order valence-corrected chi connectivity index (χ0v) is 14.2. The van der Waals surface area contributed by atoms with Crippen LogP contribution in [0.3, 0.4) is 0 Å². The van der Waals surface area contributed by atoms with Gasteiger partial charge in [-0.15, -0.1) is 0 Å². The van der Waals surface area contributed by atoms with Crippen LogP contribution in [0, 0.1) is 0 Å². The lowest BCUT2D eigenvalue weighted by Crippen LogP contribution is -2.25. The van der Waals surface area contributed by atoms with Crippen LogP contribution < -0.4 is 4.72 Å².